The van der Waals surface area contributed by atoms with Crippen molar-refractivity contribution in [2.45, 2.75) is 6.04 Å². The zero-order valence-corrected chi connectivity index (χ0v) is 12.3. The maximum absolute atomic E-state index is 12.9. The van der Waals surface area contributed by atoms with Gasteiger partial charge in [0.1, 0.15) is 11.9 Å². The van der Waals surface area contributed by atoms with E-state index in [0.717, 1.165) is 0 Å². The van der Waals surface area contributed by atoms with Gasteiger partial charge in [-0.1, -0.05) is 5.16 Å². The average molecular weight is 329 g/mol. The average Bonchev–Trinajstić information content (AvgIpc) is 3.11. The Morgan fingerprint density at radius 1 is 1.21 bits per heavy atom. The molecular formula is C15H12FN5O3. The first-order valence-electron chi connectivity index (χ1n) is 6.95. The van der Waals surface area contributed by atoms with Crippen LogP contribution in [-0.4, -0.2) is 37.7 Å². The normalized spacial score (nSPS) is 11.9. The second-order valence-corrected chi connectivity index (χ2v) is 4.74. The molecule has 8 nitrogen and oxygen atoms in total. The lowest BCUT2D eigenvalue weighted by molar-refractivity contribution is 0.0901. The van der Waals surface area contributed by atoms with E-state index in [1.54, 1.807) is 6.07 Å². The molecule has 0 saturated heterocycles. The fraction of sp³-hybridized carbons (Fsp3) is 0.133. The van der Waals surface area contributed by atoms with E-state index in [1.807, 2.05) is 0 Å². The first-order chi connectivity index (χ1) is 11.7. The van der Waals surface area contributed by atoms with Crippen LogP contribution in [0.15, 0.2) is 47.2 Å². The molecule has 1 aromatic carbocycles. The number of aromatic nitrogens is 4. The van der Waals surface area contributed by atoms with Gasteiger partial charge in [0.2, 0.25) is 11.6 Å². The third-order valence-corrected chi connectivity index (χ3v) is 3.10. The van der Waals surface area contributed by atoms with E-state index < -0.39 is 24.4 Å². The van der Waals surface area contributed by atoms with Gasteiger partial charge in [-0.15, -0.1) is 0 Å². The van der Waals surface area contributed by atoms with Gasteiger partial charge in [-0.2, -0.15) is 4.98 Å². The van der Waals surface area contributed by atoms with Crippen molar-refractivity contribution >= 4 is 5.91 Å². The molecule has 2 aromatic heterocycles. The van der Waals surface area contributed by atoms with Crippen LogP contribution in [0.4, 0.5) is 4.39 Å². The molecule has 0 bridgehead atoms. The molecule has 1 unspecified atom stereocenters. The Morgan fingerprint density at radius 2 is 1.92 bits per heavy atom. The van der Waals surface area contributed by atoms with E-state index in [4.69, 9.17) is 4.52 Å². The van der Waals surface area contributed by atoms with Crippen LogP contribution in [-0.2, 0) is 0 Å². The largest absolute Gasteiger partial charge is 0.394 e. The number of halogens is 1. The van der Waals surface area contributed by atoms with Gasteiger partial charge in [0.15, 0.2) is 0 Å². The monoisotopic (exact) mass is 329 g/mol. The molecule has 2 N–H and O–H groups in total. The molecule has 0 fully saturated rings. The molecule has 3 aromatic rings. The van der Waals surface area contributed by atoms with Gasteiger partial charge in [-0.25, -0.2) is 14.4 Å². The number of nitrogens with zero attached hydrogens (tertiary/aromatic N) is 4. The van der Waals surface area contributed by atoms with Crippen LogP contribution in [0.5, 0.6) is 0 Å². The summed E-state index contributed by atoms with van der Waals surface area (Å²) in [4.78, 5) is 24.2. The molecule has 0 saturated carbocycles. The molecule has 3 rings (SSSR count). The fourth-order valence-electron chi connectivity index (χ4n) is 1.91. The minimum absolute atomic E-state index is 0.00964. The summed E-state index contributed by atoms with van der Waals surface area (Å²) >= 11 is 0. The van der Waals surface area contributed by atoms with Gasteiger partial charge in [0.25, 0.3) is 11.8 Å². The molecule has 0 aliphatic heterocycles. The highest BCUT2D eigenvalue weighted by Gasteiger charge is 2.22. The molecule has 0 radical (unpaired) electrons. The summed E-state index contributed by atoms with van der Waals surface area (Å²) in [7, 11) is 0. The Morgan fingerprint density at radius 3 is 2.58 bits per heavy atom. The predicted octanol–water partition coefficient (Wildman–Crippen LogP) is 1.13. The Hall–Kier alpha value is -3.20. The maximum Gasteiger partial charge on any atom is 0.252 e. The zero-order chi connectivity index (χ0) is 16.9. The molecule has 122 valence electrons. The summed E-state index contributed by atoms with van der Waals surface area (Å²) in [5, 5.41) is 15.7. The SMILES string of the molecule is O=C(NC(CO)c1nc(-c2ncccn2)no1)c1ccc(F)cc1. The van der Waals surface area contributed by atoms with E-state index in [-0.39, 0.29) is 23.1 Å². The van der Waals surface area contributed by atoms with Crippen molar-refractivity contribution in [1.82, 2.24) is 25.4 Å². The second kappa shape index (κ2) is 6.92. The van der Waals surface area contributed by atoms with Crippen LogP contribution in [0, 0.1) is 5.82 Å². The van der Waals surface area contributed by atoms with Crippen LogP contribution < -0.4 is 5.32 Å². The zero-order valence-electron chi connectivity index (χ0n) is 12.3. The van der Waals surface area contributed by atoms with E-state index in [0.29, 0.717) is 0 Å². The number of aliphatic hydroxyl groups is 1. The number of nitrogens with one attached hydrogen (secondary N) is 1. The van der Waals surface area contributed by atoms with E-state index >= 15 is 0 Å². The third-order valence-electron chi connectivity index (χ3n) is 3.10. The molecule has 1 atom stereocenters. The summed E-state index contributed by atoms with van der Waals surface area (Å²) in [6.07, 6.45) is 3.05. The number of rotatable bonds is 5. The predicted molar refractivity (Wildman–Crippen MR) is 79.0 cm³/mol. The van der Waals surface area contributed by atoms with E-state index in [2.05, 4.69) is 25.4 Å². The van der Waals surface area contributed by atoms with Gasteiger partial charge < -0.3 is 14.9 Å². The molecule has 0 spiro atoms. The summed E-state index contributed by atoms with van der Waals surface area (Å²) in [6.45, 7) is -0.454. The molecular weight excluding hydrogens is 317 g/mol. The number of aliphatic hydroxyl groups excluding tert-OH is 1. The van der Waals surface area contributed by atoms with Crippen LogP contribution in [0.1, 0.15) is 22.3 Å². The summed E-state index contributed by atoms with van der Waals surface area (Å²) < 4.78 is 17.9. The minimum Gasteiger partial charge on any atom is -0.394 e. The number of amides is 1. The van der Waals surface area contributed by atoms with E-state index in [1.165, 1.54) is 36.7 Å². The number of carbonyl (C=O) groups excluding carboxylic acids is 1. The van der Waals surface area contributed by atoms with Crippen LogP contribution >= 0.6 is 0 Å². The molecule has 24 heavy (non-hydrogen) atoms. The lowest BCUT2D eigenvalue weighted by Gasteiger charge is -2.12. The van der Waals surface area contributed by atoms with Crippen molar-refractivity contribution in [1.29, 1.82) is 0 Å². The summed E-state index contributed by atoms with van der Waals surface area (Å²) in [6, 6.07) is 5.73. The molecule has 0 aliphatic rings. The van der Waals surface area contributed by atoms with Gasteiger partial charge in [0.05, 0.1) is 6.61 Å². The van der Waals surface area contributed by atoms with Crippen LogP contribution in [0.2, 0.25) is 0 Å². The van der Waals surface area contributed by atoms with Gasteiger partial charge in [-0.3, -0.25) is 4.79 Å². The summed E-state index contributed by atoms with van der Waals surface area (Å²) in [5.41, 5.74) is 0.237. The van der Waals surface area contributed by atoms with Crippen molar-refractivity contribution in [2.24, 2.45) is 0 Å². The van der Waals surface area contributed by atoms with Crippen molar-refractivity contribution in [3.05, 3.63) is 60.0 Å². The minimum atomic E-state index is -0.910. The highest BCUT2D eigenvalue weighted by atomic mass is 19.1. The molecule has 0 aliphatic carbocycles. The molecule has 1 amide bonds. The third kappa shape index (κ3) is 3.41. The van der Waals surface area contributed by atoms with Crippen LogP contribution in [0.3, 0.4) is 0 Å². The van der Waals surface area contributed by atoms with Gasteiger partial charge in [0, 0.05) is 18.0 Å². The Bertz CT molecular complexity index is 823. The first kappa shape index (κ1) is 15.7. The topological polar surface area (TPSA) is 114 Å². The second-order valence-electron chi connectivity index (χ2n) is 4.74. The lowest BCUT2D eigenvalue weighted by Crippen LogP contribution is -2.31. The Labute approximate surface area is 135 Å². The number of benzene rings is 1. The van der Waals surface area contributed by atoms with Crippen molar-refractivity contribution in [2.75, 3.05) is 6.61 Å². The number of carbonyl (C=O) groups is 1. The quantitative estimate of drug-likeness (QED) is 0.721. The number of hydrogen-bond acceptors (Lipinski definition) is 7. The fourth-order valence-corrected chi connectivity index (χ4v) is 1.91. The standard InChI is InChI=1S/C15H12FN5O3/c16-10-4-2-9(3-5-10)14(23)19-11(8-22)15-20-13(21-24-15)12-17-6-1-7-18-12/h1-7,11,22H,8H2,(H,19,23). The highest BCUT2D eigenvalue weighted by Crippen LogP contribution is 2.15. The summed E-state index contributed by atoms with van der Waals surface area (Å²) in [5.74, 6) is -0.552. The van der Waals surface area contributed by atoms with Crippen molar-refractivity contribution in [3.8, 4) is 11.6 Å². The highest BCUT2D eigenvalue weighted by molar-refractivity contribution is 5.94. The smallest absolute Gasteiger partial charge is 0.252 e. The Balaban J connectivity index is 1.76. The molecule has 9 heteroatoms. The van der Waals surface area contributed by atoms with Gasteiger partial charge in [-0.05, 0) is 30.3 Å². The van der Waals surface area contributed by atoms with Gasteiger partial charge >= 0.3 is 0 Å². The lowest BCUT2D eigenvalue weighted by atomic mass is 10.2. The van der Waals surface area contributed by atoms with Crippen molar-refractivity contribution in [3.63, 3.8) is 0 Å². The molecule has 2 heterocycles. The van der Waals surface area contributed by atoms with Crippen molar-refractivity contribution < 1.29 is 18.8 Å². The first-order valence-corrected chi connectivity index (χ1v) is 6.95. The Kier molecular flexibility index (Phi) is 4.52. The van der Waals surface area contributed by atoms with E-state index in [9.17, 15) is 14.3 Å². The van der Waals surface area contributed by atoms with Crippen LogP contribution in [0.25, 0.3) is 11.6 Å². The maximum atomic E-state index is 12.9. The number of hydrogen-bond donors (Lipinski definition) is 2.